The Hall–Kier alpha value is -1.48. The molecule has 1 fully saturated rings. The summed E-state index contributed by atoms with van der Waals surface area (Å²) in [6.45, 7) is 0.245. The molecule has 0 radical (unpaired) electrons. The van der Waals surface area contributed by atoms with Gasteiger partial charge in [-0.05, 0) is 35.9 Å². The molecule has 26 heavy (non-hydrogen) atoms. The smallest absolute Gasteiger partial charge is 0.183 e. The average Bonchev–Trinajstić information content (AvgIpc) is 2.90. The molecule has 3 rings (SSSR count). The van der Waals surface area contributed by atoms with Crippen LogP contribution in [-0.4, -0.2) is 39.6 Å². The third-order valence-corrected chi connectivity index (χ3v) is 8.89. The first-order chi connectivity index (χ1) is 12.2. The molecule has 5 nitrogen and oxygen atoms in total. The van der Waals surface area contributed by atoms with Crippen molar-refractivity contribution in [2.45, 2.75) is 22.7 Å². The number of hydrogen-bond donors (Lipinski definition) is 1. The molecule has 0 aromatic heterocycles. The van der Waals surface area contributed by atoms with Gasteiger partial charge in [0.2, 0.25) is 0 Å². The minimum atomic E-state index is -3.93. The summed E-state index contributed by atoms with van der Waals surface area (Å²) in [5.74, 6) is -1.30. The van der Waals surface area contributed by atoms with Gasteiger partial charge in [0.1, 0.15) is 5.82 Å². The Kier molecular flexibility index (Phi) is 5.39. The standard InChI is InChI=1S/C17H17ClFNO4S2/c18-15-4-2-1-3-12(15)9-20-16-10-25(21,22)11-17(16)26(23,24)14-7-5-13(19)6-8-14/h1-8,16-17,20H,9-11H2. The Balaban J connectivity index is 1.86. The van der Waals surface area contributed by atoms with Gasteiger partial charge in [0.05, 0.1) is 21.7 Å². The van der Waals surface area contributed by atoms with E-state index in [-0.39, 0.29) is 17.2 Å². The quantitative estimate of drug-likeness (QED) is 0.754. The van der Waals surface area contributed by atoms with Crippen LogP contribution in [0.5, 0.6) is 0 Å². The number of halogens is 2. The average molecular weight is 418 g/mol. The normalized spacial score (nSPS) is 22.4. The van der Waals surface area contributed by atoms with Crippen molar-refractivity contribution in [3.8, 4) is 0 Å². The summed E-state index contributed by atoms with van der Waals surface area (Å²) < 4.78 is 63.0. The summed E-state index contributed by atoms with van der Waals surface area (Å²) in [6.07, 6.45) is 0. The van der Waals surface area contributed by atoms with E-state index in [1.54, 1.807) is 24.3 Å². The SMILES string of the molecule is O=S1(=O)CC(NCc2ccccc2Cl)C(S(=O)(=O)c2ccc(F)cc2)C1. The number of sulfone groups is 2. The number of rotatable bonds is 5. The Labute approximate surface area is 157 Å². The molecule has 0 aliphatic carbocycles. The van der Waals surface area contributed by atoms with Gasteiger partial charge in [-0.15, -0.1) is 0 Å². The summed E-state index contributed by atoms with van der Waals surface area (Å²) in [7, 11) is -7.44. The number of hydrogen-bond acceptors (Lipinski definition) is 5. The maximum atomic E-state index is 13.1. The number of benzene rings is 2. The van der Waals surface area contributed by atoms with Crippen LogP contribution in [0.25, 0.3) is 0 Å². The summed E-state index contributed by atoms with van der Waals surface area (Å²) in [6, 6.07) is 10.7. The Morgan fingerprint density at radius 3 is 2.38 bits per heavy atom. The van der Waals surface area contributed by atoms with Crippen LogP contribution in [0.1, 0.15) is 5.56 Å². The van der Waals surface area contributed by atoms with Crippen molar-refractivity contribution in [1.29, 1.82) is 0 Å². The van der Waals surface area contributed by atoms with Gasteiger partial charge in [0, 0.05) is 17.6 Å². The zero-order valence-corrected chi connectivity index (χ0v) is 16.0. The van der Waals surface area contributed by atoms with Gasteiger partial charge in [0.15, 0.2) is 19.7 Å². The van der Waals surface area contributed by atoms with Crippen molar-refractivity contribution >= 4 is 31.3 Å². The van der Waals surface area contributed by atoms with E-state index in [1.165, 1.54) is 0 Å². The molecule has 0 saturated carbocycles. The van der Waals surface area contributed by atoms with Crippen LogP contribution in [-0.2, 0) is 26.2 Å². The minimum absolute atomic E-state index is 0.0921. The van der Waals surface area contributed by atoms with Crippen molar-refractivity contribution in [2.75, 3.05) is 11.5 Å². The van der Waals surface area contributed by atoms with Crippen molar-refractivity contribution in [1.82, 2.24) is 5.32 Å². The molecule has 1 aliphatic heterocycles. The molecule has 0 spiro atoms. The first kappa shape index (κ1) is 19.3. The second-order valence-electron chi connectivity index (χ2n) is 6.19. The third-order valence-electron chi connectivity index (χ3n) is 4.35. The van der Waals surface area contributed by atoms with E-state index in [4.69, 9.17) is 11.6 Å². The van der Waals surface area contributed by atoms with Crippen LogP contribution in [0.2, 0.25) is 5.02 Å². The molecule has 1 saturated heterocycles. The van der Waals surface area contributed by atoms with Crippen LogP contribution in [0.3, 0.4) is 0 Å². The molecule has 1 heterocycles. The highest BCUT2D eigenvalue weighted by Crippen LogP contribution is 2.27. The van der Waals surface area contributed by atoms with Crippen LogP contribution < -0.4 is 5.32 Å². The van der Waals surface area contributed by atoms with E-state index < -0.39 is 42.5 Å². The van der Waals surface area contributed by atoms with Gasteiger partial charge in [-0.3, -0.25) is 0 Å². The molecule has 2 atom stereocenters. The van der Waals surface area contributed by atoms with E-state index in [2.05, 4.69) is 5.32 Å². The summed E-state index contributed by atoms with van der Waals surface area (Å²) in [5.41, 5.74) is 0.747. The predicted molar refractivity (Wildman–Crippen MR) is 98.1 cm³/mol. The Bertz CT molecular complexity index is 1010. The largest absolute Gasteiger partial charge is 0.308 e. The van der Waals surface area contributed by atoms with Crippen LogP contribution in [0, 0.1) is 5.82 Å². The highest BCUT2D eigenvalue weighted by atomic mass is 35.5. The van der Waals surface area contributed by atoms with Crippen LogP contribution >= 0.6 is 11.6 Å². The topological polar surface area (TPSA) is 80.3 Å². The zero-order chi connectivity index (χ0) is 18.9. The van der Waals surface area contributed by atoms with Crippen molar-refractivity contribution in [3.63, 3.8) is 0 Å². The molecule has 1 aliphatic rings. The molecular formula is C17H17ClFNO4S2. The highest BCUT2D eigenvalue weighted by Gasteiger charge is 2.45. The van der Waals surface area contributed by atoms with Gasteiger partial charge in [-0.1, -0.05) is 29.8 Å². The molecule has 0 amide bonds. The summed E-state index contributed by atoms with van der Waals surface area (Å²) in [5, 5.41) is 2.39. The third kappa shape index (κ3) is 4.09. The van der Waals surface area contributed by atoms with Gasteiger partial charge in [0.25, 0.3) is 0 Å². The molecule has 2 aromatic rings. The first-order valence-corrected chi connectivity index (χ1v) is 11.6. The lowest BCUT2D eigenvalue weighted by Gasteiger charge is -2.20. The molecule has 2 unspecified atom stereocenters. The van der Waals surface area contributed by atoms with Gasteiger partial charge < -0.3 is 5.32 Å². The van der Waals surface area contributed by atoms with Crippen LogP contribution in [0.4, 0.5) is 4.39 Å². The minimum Gasteiger partial charge on any atom is -0.308 e. The van der Waals surface area contributed by atoms with Crippen molar-refractivity contribution in [2.24, 2.45) is 0 Å². The van der Waals surface area contributed by atoms with Gasteiger partial charge in [-0.2, -0.15) is 0 Å². The molecule has 1 N–H and O–H groups in total. The fourth-order valence-corrected chi connectivity index (χ4v) is 7.91. The monoisotopic (exact) mass is 417 g/mol. The van der Waals surface area contributed by atoms with Gasteiger partial charge in [-0.25, -0.2) is 21.2 Å². The van der Waals surface area contributed by atoms with Crippen LogP contribution in [0.15, 0.2) is 53.4 Å². The second kappa shape index (κ2) is 7.26. The first-order valence-electron chi connectivity index (χ1n) is 7.86. The fourth-order valence-electron chi connectivity index (χ4n) is 2.99. The van der Waals surface area contributed by atoms with E-state index in [1.807, 2.05) is 0 Å². The summed E-state index contributed by atoms with van der Waals surface area (Å²) in [4.78, 5) is -0.0921. The Morgan fingerprint density at radius 2 is 1.73 bits per heavy atom. The van der Waals surface area contributed by atoms with E-state index in [9.17, 15) is 21.2 Å². The molecule has 9 heteroatoms. The number of nitrogens with one attached hydrogen (secondary N) is 1. The van der Waals surface area contributed by atoms with E-state index in [0.717, 1.165) is 29.8 Å². The van der Waals surface area contributed by atoms with Crippen molar-refractivity contribution in [3.05, 3.63) is 64.9 Å². The summed E-state index contributed by atoms with van der Waals surface area (Å²) >= 11 is 6.09. The Morgan fingerprint density at radius 1 is 1.08 bits per heavy atom. The maximum Gasteiger partial charge on any atom is 0.183 e. The molecule has 2 aromatic carbocycles. The molecule has 140 valence electrons. The maximum absolute atomic E-state index is 13.1. The van der Waals surface area contributed by atoms with E-state index in [0.29, 0.717) is 5.02 Å². The highest BCUT2D eigenvalue weighted by molar-refractivity contribution is 7.96. The lowest BCUT2D eigenvalue weighted by molar-refractivity contribution is 0.526. The van der Waals surface area contributed by atoms with Gasteiger partial charge >= 0.3 is 0 Å². The second-order valence-corrected chi connectivity index (χ2v) is 10.9. The van der Waals surface area contributed by atoms with E-state index >= 15 is 0 Å². The molecule has 0 bridgehead atoms. The predicted octanol–water partition coefficient (Wildman–Crippen LogP) is 2.21. The zero-order valence-electron chi connectivity index (χ0n) is 13.6. The van der Waals surface area contributed by atoms with Crippen molar-refractivity contribution < 1.29 is 21.2 Å². The lowest BCUT2D eigenvalue weighted by Crippen LogP contribution is -2.43. The molecular weight excluding hydrogens is 401 g/mol. The fraction of sp³-hybridized carbons (Fsp3) is 0.294. The lowest BCUT2D eigenvalue weighted by atomic mass is 10.2.